The quantitative estimate of drug-likeness (QED) is 0.861. The molecule has 78 valence electrons. The number of rotatable bonds is 2. The summed E-state index contributed by atoms with van der Waals surface area (Å²) in [6.45, 7) is 0.573. The first-order valence-electron chi connectivity index (χ1n) is 4.34. The molecule has 1 heterocycles. The van der Waals surface area contributed by atoms with Gasteiger partial charge in [-0.05, 0) is 17.7 Å². The highest BCUT2D eigenvalue weighted by Crippen LogP contribution is 2.20. The van der Waals surface area contributed by atoms with Crippen molar-refractivity contribution in [3.8, 4) is 0 Å². The van der Waals surface area contributed by atoms with Crippen molar-refractivity contribution in [1.29, 1.82) is 0 Å². The SMILES string of the molecule is Nc1ccc(Cn2ccsc2=O)c(Br)c1. The van der Waals surface area contributed by atoms with Crippen LogP contribution in [0.3, 0.4) is 0 Å². The lowest BCUT2D eigenvalue weighted by Gasteiger charge is -2.05. The largest absolute Gasteiger partial charge is 0.399 e. The van der Waals surface area contributed by atoms with E-state index in [1.54, 1.807) is 16.1 Å². The lowest BCUT2D eigenvalue weighted by molar-refractivity contribution is 0.781. The summed E-state index contributed by atoms with van der Waals surface area (Å²) in [5, 5.41) is 1.79. The third-order valence-corrected chi connectivity index (χ3v) is 3.49. The van der Waals surface area contributed by atoms with Crippen molar-refractivity contribution in [3.05, 3.63) is 49.5 Å². The van der Waals surface area contributed by atoms with Gasteiger partial charge < -0.3 is 10.3 Å². The average Bonchev–Trinajstić information content (AvgIpc) is 2.57. The van der Waals surface area contributed by atoms with E-state index in [9.17, 15) is 4.79 Å². The molecule has 0 saturated heterocycles. The van der Waals surface area contributed by atoms with Crippen LogP contribution in [0.25, 0.3) is 0 Å². The van der Waals surface area contributed by atoms with E-state index >= 15 is 0 Å². The molecule has 5 heteroatoms. The van der Waals surface area contributed by atoms with Crippen LogP contribution in [0, 0.1) is 0 Å². The Labute approximate surface area is 99.3 Å². The Morgan fingerprint density at radius 2 is 2.27 bits per heavy atom. The molecule has 1 aromatic heterocycles. The highest BCUT2D eigenvalue weighted by Gasteiger charge is 2.03. The first-order chi connectivity index (χ1) is 7.16. The van der Waals surface area contributed by atoms with E-state index in [0.29, 0.717) is 12.2 Å². The van der Waals surface area contributed by atoms with Crippen LogP contribution < -0.4 is 10.6 Å². The second-order valence-corrected chi connectivity index (χ2v) is 4.86. The molecule has 0 radical (unpaired) electrons. The number of hydrogen-bond acceptors (Lipinski definition) is 3. The van der Waals surface area contributed by atoms with Crippen molar-refractivity contribution in [1.82, 2.24) is 4.57 Å². The molecule has 0 aliphatic heterocycles. The Bertz CT molecular complexity index is 532. The van der Waals surface area contributed by atoms with Gasteiger partial charge in [-0.1, -0.05) is 33.3 Å². The number of hydrogen-bond donors (Lipinski definition) is 1. The number of aromatic nitrogens is 1. The van der Waals surface area contributed by atoms with Gasteiger partial charge in [0, 0.05) is 21.7 Å². The van der Waals surface area contributed by atoms with Gasteiger partial charge in [-0.2, -0.15) is 0 Å². The normalized spacial score (nSPS) is 10.5. The fourth-order valence-electron chi connectivity index (χ4n) is 1.28. The molecule has 0 aliphatic carbocycles. The lowest BCUT2D eigenvalue weighted by atomic mass is 10.2. The van der Waals surface area contributed by atoms with Crippen LogP contribution in [0.2, 0.25) is 0 Å². The van der Waals surface area contributed by atoms with E-state index < -0.39 is 0 Å². The lowest BCUT2D eigenvalue weighted by Crippen LogP contribution is -2.12. The van der Waals surface area contributed by atoms with Crippen LogP contribution in [0.15, 0.2) is 39.0 Å². The fourth-order valence-corrected chi connectivity index (χ4v) is 2.39. The van der Waals surface area contributed by atoms with Crippen LogP contribution >= 0.6 is 27.3 Å². The molecule has 2 N–H and O–H groups in total. The molecular formula is C10H9BrN2OS. The molecule has 0 saturated carbocycles. The van der Waals surface area contributed by atoms with Crippen LogP contribution in [-0.2, 0) is 6.54 Å². The van der Waals surface area contributed by atoms with Crippen LogP contribution in [0.4, 0.5) is 5.69 Å². The Balaban J connectivity index is 2.33. The second kappa shape index (κ2) is 4.20. The van der Waals surface area contributed by atoms with Gasteiger partial charge >= 0.3 is 4.87 Å². The Hall–Kier alpha value is -1.07. The standard InChI is InChI=1S/C10H9BrN2OS/c11-9-5-8(12)2-1-7(9)6-13-3-4-15-10(13)14/h1-5H,6,12H2. The number of thiazole rings is 1. The first-order valence-corrected chi connectivity index (χ1v) is 6.02. The van der Waals surface area contributed by atoms with Gasteiger partial charge in [0.2, 0.25) is 0 Å². The van der Waals surface area contributed by atoms with Gasteiger partial charge in [0.15, 0.2) is 0 Å². The van der Waals surface area contributed by atoms with Gasteiger partial charge in [0.05, 0.1) is 6.54 Å². The number of nitrogens with two attached hydrogens (primary N) is 1. The van der Waals surface area contributed by atoms with Crippen molar-refractivity contribution >= 4 is 33.0 Å². The van der Waals surface area contributed by atoms with Gasteiger partial charge in [0.1, 0.15) is 0 Å². The minimum atomic E-state index is 0.0544. The number of anilines is 1. The second-order valence-electron chi connectivity index (χ2n) is 3.15. The maximum Gasteiger partial charge on any atom is 0.307 e. The van der Waals surface area contributed by atoms with Crippen molar-refractivity contribution in [2.45, 2.75) is 6.54 Å². The molecule has 1 aromatic carbocycles. The fraction of sp³-hybridized carbons (Fsp3) is 0.100. The molecule has 0 aliphatic rings. The third kappa shape index (κ3) is 2.30. The Morgan fingerprint density at radius 1 is 1.47 bits per heavy atom. The average molecular weight is 285 g/mol. The maximum atomic E-state index is 11.3. The van der Waals surface area contributed by atoms with Gasteiger partial charge in [-0.3, -0.25) is 4.79 Å². The summed E-state index contributed by atoms with van der Waals surface area (Å²) in [6.07, 6.45) is 1.79. The minimum absolute atomic E-state index is 0.0544. The van der Waals surface area contributed by atoms with Crippen molar-refractivity contribution in [3.63, 3.8) is 0 Å². The van der Waals surface area contributed by atoms with Crippen LogP contribution in [0.5, 0.6) is 0 Å². The highest BCUT2D eigenvalue weighted by molar-refractivity contribution is 9.10. The molecule has 2 rings (SSSR count). The summed E-state index contributed by atoms with van der Waals surface area (Å²) in [5.74, 6) is 0. The van der Waals surface area contributed by atoms with Gasteiger partial charge in [0.25, 0.3) is 0 Å². The minimum Gasteiger partial charge on any atom is -0.399 e. The van der Waals surface area contributed by atoms with Crippen molar-refractivity contribution in [2.24, 2.45) is 0 Å². The number of nitrogen functional groups attached to an aromatic ring is 1. The smallest absolute Gasteiger partial charge is 0.307 e. The molecule has 0 spiro atoms. The van der Waals surface area contributed by atoms with Crippen LogP contribution in [0.1, 0.15) is 5.56 Å². The van der Waals surface area contributed by atoms with Crippen molar-refractivity contribution in [2.75, 3.05) is 5.73 Å². The Kier molecular flexibility index (Phi) is 2.93. The number of benzene rings is 1. The van der Waals surface area contributed by atoms with E-state index in [4.69, 9.17) is 5.73 Å². The molecule has 0 bridgehead atoms. The molecule has 0 amide bonds. The molecule has 2 aromatic rings. The monoisotopic (exact) mass is 284 g/mol. The molecular weight excluding hydrogens is 276 g/mol. The molecule has 15 heavy (non-hydrogen) atoms. The number of nitrogens with zero attached hydrogens (tertiary/aromatic N) is 1. The van der Waals surface area contributed by atoms with E-state index in [-0.39, 0.29) is 4.87 Å². The maximum absolute atomic E-state index is 11.3. The zero-order valence-corrected chi connectivity index (χ0v) is 10.2. The topological polar surface area (TPSA) is 48.0 Å². The first kappa shape index (κ1) is 10.4. The predicted molar refractivity (Wildman–Crippen MR) is 66.2 cm³/mol. The van der Waals surface area contributed by atoms with E-state index in [2.05, 4.69) is 15.9 Å². The summed E-state index contributed by atoms with van der Waals surface area (Å²) in [4.78, 5) is 11.4. The predicted octanol–water partition coefficient (Wildman–Crippen LogP) is 2.30. The molecule has 0 unspecified atom stereocenters. The van der Waals surface area contributed by atoms with E-state index in [1.165, 1.54) is 11.3 Å². The summed E-state index contributed by atoms with van der Waals surface area (Å²) < 4.78 is 2.60. The zero-order valence-electron chi connectivity index (χ0n) is 7.81. The summed E-state index contributed by atoms with van der Waals surface area (Å²) in [6, 6.07) is 5.59. The molecule has 0 fully saturated rings. The van der Waals surface area contributed by atoms with Crippen LogP contribution in [-0.4, -0.2) is 4.57 Å². The van der Waals surface area contributed by atoms with Crippen molar-refractivity contribution < 1.29 is 0 Å². The van der Waals surface area contributed by atoms with Gasteiger partial charge in [-0.15, -0.1) is 0 Å². The molecule has 0 atom stereocenters. The summed E-state index contributed by atoms with van der Waals surface area (Å²) >= 11 is 4.63. The Morgan fingerprint density at radius 3 is 2.87 bits per heavy atom. The summed E-state index contributed by atoms with van der Waals surface area (Å²) in [5.41, 5.74) is 7.39. The zero-order chi connectivity index (χ0) is 10.8. The molecule has 3 nitrogen and oxygen atoms in total. The highest BCUT2D eigenvalue weighted by atomic mass is 79.9. The third-order valence-electron chi connectivity index (χ3n) is 2.06. The van der Waals surface area contributed by atoms with E-state index in [0.717, 1.165) is 10.0 Å². The summed E-state index contributed by atoms with van der Waals surface area (Å²) in [7, 11) is 0. The van der Waals surface area contributed by atoms with E-state index in [1.807, 2.05) is 18.2 Å². The number of halogens is 1. The van der Waals surface area contributed by atoms with Gasteiger partial charge in [-0.25, -0.2) is 0 Å².